The molecule has 0 radical (unpaired) electrons. The summed E-state index contributed by atoms with van der Waals surface area (Å²) < 4.78 is 0. The van der Waals surface area contributed by atoms with Crippen molar-refractivity contribution < 1.29 is 4.79 Å². The van der Waals surface area contributed by atoms with Crippen LogP contribution in [0.5, 0.6) is 0 Å². The summed E-state index contributed by atoms with van der Waals surface area (Å²) in [4.78, 5) is 14.2. The molecule has 1 unspecified atom stereocenters. The highest BCUT2D eigenvalue weighted by Crippen LogP contribution is 2.34. The first-order valence-corrected chi connectivity index (χ1v) is 7.28. The van der Waals surface area contributed by atoms with Gasteiger partial charge in [0.1, 0.15) is 0 Å². The fraction of sp³-hybridized carbons (Fsp3) is 0.933. The van der Waals surface area contributed by atoms with E-state index < -0.39 is 0 Å². The summed E-state index contributed by atoms with van der Waals surface area (Å²) in [5.41, 5.74) is 6.32. The summed E-state index contributed by atoms with van der Waals surface area (Å²) in [5.74, 6) is 1.07. The fourth-order valence-corrected chi connectivity index (χ4v) is 2.68. The van der Waals surface area contributed by atoms with Crippen molar-refractivity contribution in [3.05, 3.63) is 0 Å². The van der Waals surface area contributed by atoms with Gasteiger partial charge in [0.2, 0.25) is 5.91 Å². The zero-order chi connectivity index (χ0) is 13.9. The van der Waals surface area contributed by atoms with Crippen molar-refractivity contribution in [3.8, 4) is 0 Å². The Morgan fingerprint density at radius 3 is 2.33 bits per heavy atom. The maximum absolute atomic E-state index is 12.2. The van der Waals surface area contributed by atoms with Crippen LogP contribution in [0, 0.1) is 17.3 Å². The molecule has 106 valence electrons. The van der Waals surface area contributed by atoms with Crippen molar-refractivity contribution in [1.82, 2.24) is 4.90 Å². The van der Waals surface area contributed by atoms with Gasteiger partial charge >= 0.3 is 0 Å². The second-order valence-electron chi connectivity index (χ2n) is 7.09. The van der Waals surface area contributed by atoms with E-state index in [0.29, 0.717) is 11.3 Å². The Bertz CT molecular complexity index is 281. The molecule has 18 heavy (non-hydrogen) atoms. The number of rotatable bonds is 2. The van der Waals surface area contributed by atoms with Crippen molar-refractivity contribution in [2.75, 3.05) is 13.1 Å². The van der Waals surface area contributed by atoms with E-state index in [1.165, 1.54) is 6.42 Å². The second kappa shape index (κ2) is 6.05. The van der Waals surface area contributed by atoms with E-state index in [1.807, 2.05) is 18.7 Å². The van der Waals surface area contributed by atoms with Crippen molar-refractivity contribution in [1.29, 1.82) is 0 Å². The molecule has 0 aromatic heterocycles. The Morgan fingerprint density at radius 2 is 1.83 bits per heavy atom. The molecule has 0 aliphatic carbocycles. The molecular weight excluding hydrogens is 224 g/mol. The van der Waals surface area contributed by atoms with Crippen LogP contribution < -0.4 is 5.73 Å². The molecule has 3 heteroatoms. The molecule has 1 heterocycles. The van der Waals surface area contributed by atoms with Gasteiger partial charge in [-0.05, 0) is 36.5 Å². The van der Waals surface area contributed by atoms with E-state index in [4.69, 9.17) is 5.73 Å². The third-order valence-corrected chi connectivity index (χ3v) is 4.27. The number of hydrogen-bond donors (Lipinski definition) is 1. The minimum atomic E-state index is -0.337. The predicted molar refractivity (Wildman–Crippen MR) is 76.2 cm³/mol. The van der Waals surface area contributed by atoms with Crippen LogP contribution in [0.4, 0.5) is 0 Å². The molecule has 0 aromatic carbocycles. The van der Waals surface area contributed by atoms with Gasteiger partial charge in [-0.1, -0.05) is 34.6 Å². The molecule has 1 saturated heterocycles. The van der Waals surface area contributed by atoms with Crippen LogP contribution in [0.2, 0.25) is 0 Å². The zero-order valence-electron chi connectivity index (χ0n) is 12.7. The number of nitrogens with zero attached hydrogens (tertiary/aromatic N) is 1. The van der Waals surface area contributed by atoms with Crippen molar-refractivity contribution in [2.45, 2.75) is 59.9 Å². The van der Waals surface area contributed by atoms with Crippen LogP contribution in [0.25, 0.3) is 0 Å². The first-order valence-electron chi connectivity index (χ1n) is 7.28. The summed E-state index contributed by atoms with van der Waals surface area (Å²) in [6, 6.07) is -0.337. The van der Waals surface area contributed by atoms with Gasteiger partial charge in [-0.15, -0.1) is 0 Å². The predicted octanol–water partition coefficient (Wildman–Crippen LogP) is 2.64. The maximum Gasteiger partial charge on any atom is 0.239 e. The van der Waals surface area contributed by atoms with Gasteiger partial charge < -0.3 is 10.6 Å². The molecule has 0 saturated carbocycles. The van der Waals surface area contributed by atoms with Gasteiger partial charge in [-0.3, -0.25) is 4.79 Å². The molecule has 2 atom stereocenters. The molecule has 1 rings (SSSR count). The number of nitrogens with two attached hydrogens (primary N) is 1. The molecule has 1 aliphatic rings. The quantitative estimate of drug-likeness (QED) is 0.823. The molecule has 0 bridgehead atoms. The smallest absolute Gasteiger partial charge is 0.239 e. The van der Waals surface area contributed by atoms with E-state index in [1.54, 1.807) is 0 Å². The van der Waals surface area contributed by atoms with Gasteiger partial charge in [0.25, 0.3) is 0 Å². The first-order chi connectivity index (χ1) is 8.23. The largest absolute Gasteiger partial charge is 0.341 e. The van der Waals surface area contributed by atoms with Crippen LogP contribution in [-0.4, -0.2) is 29.9 Å². The minimum Gasteiger partial charge on any atom is -0.341 e. The van der Waals surface area contributed by atoms with E-state index >= 15 is 0 Å². The van der Waals surface area contributed by atoms with Crippen molar-refractivity contribution >= 4 is 5.91 Å². The van der Waals surface area contributed by atoms with Gasteiger partial charge in [0, 0.05) is 13.1 Å². The Kier molecular flexibility index (Phi) is 5.20. The summed E-state index contributed by atoms with van der Waals surface area (Å²) in [7, 11) is 0. The van der Waals surface area contributed by atoms with Gasteiger partial charge in [-0.25, -0.2) is 0 Å². The normalized spacial score (nSPS) is 23.9. The lowest BCUT2D eigenvalue weighted by atomic mass is 9.77. The van der Waals surface area contributed by atoms with E-state index in [2.05, 4.69) is 20.8 Å². The van der Waals surface area contributed by atoms with E-state index in [0.717, 1.165) is 25.9 Å². The van der Waals surface area contributed by atoms with Crippen LogP contribution in [0.1, 0.15) is 53.9 Å². The van der Waals surface area contributed by atoms with Gasteiger partial charge in [0.15, 0.2) is 0 Å². The van der Waals surface area contributed by atoms with Crippen LogP contribution in [-0.2, 0) is 4.79 Å². The number of carbonyl (C=O) groups excluding carboxylic acids is 1. The topological polar surface area (TPSA) is 46.3 Å². The molecule has 0 aromatic rings. The van der Waals surface area contributed by atoms with Crippen LogP contribution in [0.15, 0.2) is 0 Å². The fourth-order valence-electron chi connectivity index (χ4n) is 2.68. The highest BCUT2D eigenvalue weighted by Gasteiger charge is 2.30. The molecular formula is C15H30N2O. The molecule has 2 N–H and O–H groups in total. The Hall–Kier alpha value is -0.570. The van der Waals surface area contributed by atoms with E-state index in [-0.39, 0.29) is 17.9 Å². The lowest BCUT2D eigenvalue weighted by Gasteiger charge is -2.30. The van der Waals surface area contributed by atoms with Crippen molar-refractivity contribution in [3.63, 3.8) is 0 Å². The monoisotopic (exact) mass is 254 g/mol. The summed E-state index contributed by atoms with van der Waals surface area (Å²) >= 11 is 0. The Labute approximate surface area is 112 Å². The van der Waals surface area contributed by atoms with Gasteiger partial charge in [-0.2, -0.15) is 0 Å². The van der Waals surface area contributed by atoms with Crippen molar-refractivity contribution in [2.24, 2.45) is 23.0 Å². The van der Waals surface area contributed by atoms with Gasteiger partial charge in [0.05, 0.1) is 6.04 Å². The number of hydrogen-bond acceptors (Lipinski definition) is 2. The number of likely N-dealkylation sites (tertiary alicyclic amines) is 1. The minimum absolute atomic E-state index is 0.138. The summed E-state index contributed by atoms with van der Waals surface area (Å²) in [5, 5.41) is 0. The summed E-state index contributed by atoms with van der Waals surface area (Å²) in [6.07, 6.45) is 3.45. The van der Waals surface area contributed by atoms with E-state index in [9.17, 15) is 4.79 Å². The number of amides is 1. The Morgan fingerprint density at radius 1 is 1.22 bits per heavy atom. The highest BCUT2D eigenvalue weighted by atomic mass is 16.2. The highest BCUT2D eigenvalue weighted by molar-refractivity contribution is 5.81. The number of carbonyl (C=O) groups is 1. The molecule has 1 aliphatic heterocycles. The second-order valence-corrected chi connectivity index (χ2v) is 7.09. The third-order valence-electron chi connectivity index (χ3n) is 4.27. The average Bonchev–Trinajstić information content (AvgIpc) is 2.51. The van der Waals surface area contributed by atoms with Crippen LogP contribution >= 0.6 is 0 Å². The summed E-state index contributed by atoms with van der Waals surface area (Å²) in [6.45, 7) is 12.7. The molecule has 1 amide bonds. The zero-order valence-corrected chi connectivity index (χ0v) is 12.7. The third kappa shape index (κ3) is 3.98. The molecule has 1 fully saturated rings. The standard InChI is InChI=1S/C15H30N2O/c1-11(2)13(16)14(18)17-9-6-7-12(8-10-17)15(3,4)5/h11-13H,6-10,16H2,1-5H3/t12?,13-/m1/s1. The first kappa shape index (κ1) is 15.5. The molecule has 3 nitrogen and oxygen atoms in total. The average molecular weight is 254 g/mol. The van der Waals surface area contributed by atoms with Crippen LogP contribution in [0.3, 0.4) is 0 Å². The molecule has 0 spiro atoms. The lowest BCUT2D eigenvalue weighted by Crippen LogP contribution is -2.46. The SMILES string of the molecule is CC(C)[C@@H](N)C(=O)N1CCCC(C(C)(C)C)CC1. The maximum atomic E-state index is 12.2. The lowest BCUT2D eigenvalue weighted by molar-refractivity contribution is -0.133. The Balaban J connectivity index is 2.59.